The van der Waals surface area contributed by atoms with Crippen molar-refractivity contribution in [1.29, 1.82) is 5.26 Å². The fraction of sp³-hybridized carbons (Fsp3) is 0.348. The predicted molar refractivity (Wildman–Crippen MR) is 119 cm³/mol. The number of benzene rings is 2. The lowest BCUT2D eigenvalue weighted by Crippen LogP contribution is -2.34. The van der Waals surface area contributed by atoms with E-state index in [9.17, 15) is 9.59 Å². The van der Waals surface area contributed by atoms with Gasteiger partial charge in [0.2, 0.25) is 11.8 Å². The first kappa shape index (κ1) is 21.8. The first-order chi connectivity index (χ1) is 14.5. The van der Waals surface area contributed by atoms with Gasteiger partial charge in [-0.25, -0.2) is 0 Å². The van der Waals surface area contributed by atoms with Gasteiger partial charge in [-0.15, -0.1) is 0 Å². The standard InChI is InChI=1S/C23H25BrN4O2/c24-20-5-2-1-4-19(20)21-6-3-14-28(21)23(30)12-11-22(29)27(15-13-25)16-17-7-9-18(26)10-8-17/h1-2,4-5,7-10,21H,3,6,11-12,14-16,26H2. The molecule has 2 aromatic rings. The molecule has 0 bridgehead atoms. The van der Waals surface area contributed by atoms with Crippen LogP contribution in [0, 0.1) is 11.3 Å². The Labute approximate surface area is 185 Å². The predicted octanol–water partition coefficient (Wildman–Crippen LogP) is 4.03. The maximum absolute atomic E-state index is 12.9. The van der Waals surface area contributed by atoms with Crippen molar-refractivity contribution < 1.29 is 9.59 Å². The summed E-state index contributed by atoms with van der Waals surface area (Å²) in [5.41, 5.74) is 8.34. The van der Waals surface area contributed by atoms with E-state index in [1.54, 1.807) is 12.1 Å². The van der Waals surface area contributed by atoms with Crippen LogP contribution in [0.25, 0.3) is 0 Å². The fourth-order valence-corrected chi connectivity index (χ4v) is 4.36. The van der Waals surface area contributed by atoms with Crippen LogP contribution in [0.15, 0.2) is 53.0 Å². The number of nitrogens with zero attached hydrogens (tertiary/aromatic N) is 3. The molecular formula is C23H25BrN4O2. The van der Waals surface area contributed by atoms with Crippen LogP contribution < -0.4 is 5.73 Å². The van der Waals surface area contributed by atoms with Crippen LogP contribution in [0.3, 0.4) is 0 Å². The summed E-state index contributed by atoms with van der Waals surface area (Å²) in [5.74, 6) is -0.218. The smallest absolute Gasteiger partial charge is 0.224 e. The molecule has 3 rings (SSSR count). The average molecular weight is 469 g/mol. The average Bonchev–Trinajstić information content (AvgIpc) is 3.23. The van der Waals surface area contributed by atoms with E-state index in [2.05, 4.69) is 15.9 Å². The van der Waals surface area contributed by atoms with Crippen LogP contribution in [-0.2, 0) is 16.1 Å². The van der Waals surface area contributed by atoms with Gasteiger partial charge in [0, 0.05) is 36.1 Å². The number of nitrogens with two attached hydrogens (primary N) is 1. The van der Waals surface area contributed by atoms with E-state index in [0.29, 0.717) is 18.8 Å². The van der Waals surface area contributed by atoms with Gasteiger partial charge in [-0.2, -0.15) is 5.26 Å². The highest BCUT2D eigenvalue weighted by Crippen LogP contribution is 2.36. The lowest BCUT2D eigenvalue weighted by molar-refractivity contribution is -0.137. The van der Waals surface area contributed by atoms with Crippen molar-refractivity contribution in [3.63, 3.8) is 0 Å². The van der Waals surface area contributed by atoms with Gasteiger partial charge in [0.15, 0.2) is 0 Å². The lowest BCUT2D eigenvalue weighted by Gasteiger charge is -2.26. The molecule has 0 saturated carbocycles. The number of likely N-dealkylation sites (tertiary alicyclic amines) is 1. The summed E-state index contributed by atoms with van der Waals surface area (Å²) in [7, 11) is 0. The second kappa shape index (κ2) is 10.3. The number of anilines is 1. The second-order valence-electron chi connectivity index (χ2n) is 7.42. The zero-order chi connectivity index (χ0) is 21.5. The maximum atomic E-state index is 12.9. The number of rotatable bonds is 7. The number of halogens is 1. The Balaban J connectivity index is 1.60. The topological polar surface area (TPSA) is 90.4 Å². The van der Waals surface area contributed by atoms with E-state index < -0.39 is 0 Å². The molecule has 1 fully saturated rings. The Hall–Kier alpha value is -2.85. The Morgan fingerprint density at radius 3 is 2.60 bits per heavy atom. The summed E-state index contributed by atoms with van der Waals surface area (Å²) in [6.45, 7) is 1.01. The van der Waals surface area contributed by atoms with Crippen molar-refractivity contribution in [2.75, 3.05) is 18.8 Å². The Kier molecular flexibility index (Phi) is 7.47. The van der Waals surface area contributed by atoms with Crippen LogP contribution in [0.5, 0.6) is 0 Å². The molecule has 0 aromatic heterocycles. The van der Waals surface area contributed by atoms with E-state index in [-0.39, 0.29) is 37.2 Å². The molecule has 1 heterocycles. The number of nitrogen functional groups attached to an aromatic ring is 1. The molecule has 2 N–H and O–H groups in total. The molecular weight excluding hydrogens is 444 g/mol. The van der Waals surface area contributed by atoms with E-state index in [0.717, 1.165) is 28.4 Å². The summed E-state index contributed by atoms with van der Waals surface area (Å²) in [6.07, 6.45) is 2.10. The molecule has 2 amide bonds. The summed E-state index contributed by atoms with van der Waals surface area (Å²) in [6, 6.07) is 17.2. The molecule has 1 atom stereocenters. The molecule has 7 heteroatoms. The molecule has 1 unspecified atom stereocenters. The van der Waals surface area contributed by atoms with Gasteiger partial charge >= 0.3 is 0 Å². The quantitative estimate of drug-likeness (QED) is 0.490. The molecule has 1 aliphatic heterocycles. The zero-order valence-electron chi connectivity index (χ0n) is 16.8. The highest BCUT2D eigenvalue weighted by Gasteiger charge is 2.31. The largest absolute Gasteiger partial charge is 0.399 e. The normalized spacial score (nSPS) is 15.6. The monoisotopic (exact) mass is 468 g/mol. The second-order valence-corrected chi connectivity index (χ2v) is 8.27. The molecule has 2 aromatic carbocycles. The minimum absolute atomic E-state index is 0.0132. The summed E-state index contributed by atoms with van der Waals surface area (Å²) < 4.78 is 0.995. The molecule has 1 saturated heterocycles. The minimum Gasteiger partial charge on any atom is -0.399 e. The van der Waals surface area contributed by atoms with Gasteiger partial charge < -0.3 is 15.5 Å². The van der Waals surface area contributed by atoms with Gasteiger partial charge in [-0.3, -0.25) is 9.59 Å². The van der Waals surface area contributed by atoms with Crippen molar-refractivity contribution in [3.05, 3.63) is 64.1 Å². The molecule has 0 aliphatic carbocycles. The molecule has 1 aliphatic rings. The highest BCUT2D eigenvalue weighted by molar-refractivity contribution is 9.10. The van der Waals surface area contributed by atoms with Crippen molar-refractivity contribution in [1.82, 2.24) is 9.80 Å². The molecule has 156 valence electrons. The number of nitriles is 1. The number of hydrogen-bond acceptors (Lipinski definition) is 4. The van der Waals surface area contributed by atoms with Crippen LogP contribution >= 0.6 is 15.9 Å². The zero-order valence-corrected chi connectivity index (χ0v) is 18.3. The van der Waals surface area contributed by atoms with Gasteiger partial charge in [0.1, 0.15) is 6.54 Å². The number of hydrogen-bond donors (Lipinski definition) is 1. The number of carbonyl (C=O) groups excluding carboxylic acids is 2. The SMILES string of the molecule is N#CCN(Cc1ccc(N)cc1)C(=O)CCC(=O)N1CCCC1c1ccccc1Br. The van der Waals surface area contributed by atoms with Crippen LogP contribution in [0.1, 0.15) is 42.9 Å². The van der Waals surface area contributed by atoms with Crippen LogP contribution in [0.2, 0.25) is 0 Å². The lowest BCUT2D eigenvalue weighted by atomic mass is 10.0. The van der Waals surface area contributed by atoms with Gasteiger partial charge in [-0.05, 0) is 42.2 Å². The third kappa shape index (κ3) is 5.39. The van der Waals surface area contributed by atoms with Gasteiger partial charge in [0.25, 0.3) is 0 Å². The van der Waals surface area contributed by atoms with Crippen molar-refractivity contribution >= 4 is 33.4 Å². The maximum Gasteiger partial charge on any atom is 0.224 e. The van der Waals surface area contributed by atoms with Crippen LogP contribution in [-0.4, -0.2) is 34.7 Å². The molecule has 0 spiro atoms. The molecule has 0 radical (unpaired) electrons. The summed E-state index contributed by atoms with van der Waals surface area (Å²) >= 11 is 3.58. The van der Waals surface area contributed by atoms with Gasteiger partial charge in [0.05, 0.1) is 12.1 Å². The van der Waals surface area contributed by atoms with Crippen molar-refractivity contribution in [2.24, 2.45) is 0 Å². The summed E-state index contributed by atoms with van der Waals surface area (Å²) in [4.78, 5) is 28.9. The van der Waals surface area contributed by atoms with Crippen molar-refractivity contribution in [3.8, 4) is 6.07 Å². The number of carbonyl (C=O) groups is 2. The third-order valence-electron chi connectivity index (χ3n) is 5.36. The molecule has 6 nitrogen and oxygen atoms in total. The first-order valence-electron chi connectivity index (χ1n) is 10.0. The van der Waals surface area contributed by atoms with Gasteiger partial charge in [-0.1, -0.05) is 46.3 Å². The summed E-state index contributed by atoms with van der Waals surface area (Å²) in [5, 5.41) is 9.10. The van der Waals surface area contributed by atoms with Crippen LogP contribution in [0.4, 0.5) is 5.69 Å². The van der Waals surface area contributed by atoms with E-state index >= 15 is 0 Å². The van der Waals surface area contributed by atoms with E-state index in [4.69, 9.17) is 11.0 Å². The minimum atomic E-state index is -0.196. The Morgan fingerprint density at radius 2 is 1.90 bits per heavy atom. The fourth-order valence-electron chi connectivity index (χ4n) is 3.81. The van der Waals surface area contributed by atoms with E-state index in [1.165, 1.54) is 4.90 Å². The number of amides is 2. The highest BCUT2D eigenvalue weighted by atomic mass is 79.9. The van der Waals surface area contributed by atoms with Crippen molar-refractivity contribution in [2.45, 2.75) is 38.3 Å². The Morgan fingerprint density at radius 1 is 1.17 bits per heavy atom. The first-order valence-corrected chi connectivity index (χ1v) is 10.8. The third-order valence-corrected chi connectivity index (χ3v) is 6.08. The molecule has 30 heavy (non-hydrogen) atoms. The Bertz CT molecular complexity index is 939. The van der Waals surface area contributed by atoms with E-state index in [1.807, 2.05) is 47.4 Å².